The van der Waals surface area contributed by atoms with E-state index >= 15 is 0 Å². The monoisotopic (exact) mass is 493 g/mol. The molecule has 1 aromatic heterocycles. The highest BCUT2D eigenvalue weighted by molar-refractivity contribution is 6.00. The molecule has 0 radical (unpaired) electrons. The molecule has 1 fully saturated rings. The zero-order valence-electron chi connectivity index (χ0n) is 19.0. The predicted molar refractivity (Wildman–Crippen MR) is 126 cm³/mol. The van der Waals surface area contributed by atoms with Crippen LogP contribution in [0.25, 0.3) is 11.3 Å². The molecule has 1 aliphatic rings. The summed E-state index contributed by atoms with van der Waals surface area (Å²) < 4.78 is 21.0. The van der Waals surface area contributed by atoms with Crippen LogP contribution in [0.1, 0.15) is 5.56 Å². The molecule has 3 aromatic rings. The van der Waals surface area contributed by atoms with Crippen molar-refractivity contribution in [2.75, 3.05) is 30.5 Å². The molecule has 2 heterocycles. The molecule has 186 valence electrons. The largest absolute Gasteiger partial charge is 0.507 e. The Kier molecular flexibility index (Phi) is 7.97. The number of rotatable bonds is 8. The number of ether oxygens (including phenoxy) is 3. The molecule has 3 amide bonds. The van der Waals surface area contributed by atoms with Crippen molar-refractivity contribution in [3.8, 4) is 23.1 Å². The lowest BCUT2D eigenvalue weighted by molar-refractivity contribution is -0.00544. The number of nitrogens with one attached hydrogen (secondary N) is 3. The van der Waals surface area contributed by atoms with Crippen LogP contribution in [-0.4, -0.2) is 54.2 Å². The maximum absolute atomic E-state index is 12.4. The first-order valence-electron chi connectivity index (χ1n) is 10.9. The smallest absolute Gasteiger partial charge is 0.407 e. The fourth-order valence-electron chi connectivity index (χ4n) is 3.50. The molecule has 2 atom stereocenters. The van der Waals surface area contributed by atoms with Crippen LogP contribution in [0.4, 0.5) is 21.0 Å². The molecule has 4 N–H and O–H groups in total. The van der Waals surface area contributed by atoms with Gasteiger partial charge in [-0.15, -0.1) is 0 Å². The van der Waals surface area contributed by atoms with Crippen molar-refractivity contribution in [3.05, 3.63) is 60.6 Å². The number of hydrogen-bond acceptors (Lipinski definition) is 9. The molecule has 2 aromatic carbocycles. The van der Waals surface area contributed by atoms with Gasteiger partial charge in [-0.1, -0.05) is 12.1 Å². The van der Waals surface area contributed by atoms with Crippen LogP contribution in [0, 0.1) is 11.3 Å². The second kappa shape index (κ2) is 11.7. The first-order valence-corrected chi connectivity index (χ1v) is 10.9. The number of aromatic hydroxyl groups is 1. The van der Waals surface area contributed by atoms with Crippen molar-refractivity contribution < 1.29 is 33.3 Å². The lowest BCUT2D eigenvalue weighted by Gasteiger charge is -2.17. The van der Waals surface area contributed by atoms with Crippen LogP contribution >= 0.6 is 0 Å². The third-order valence-electron chi connectivity index (χ3n) is 5.17. The highest BCUT2D eigenvalue weighted by Gasteiger charge is 2.32. The van der Waals surface area contributed by atoms with E-state index in [1.165, 1.54) is 18.7 Å². The molecule has 0 saturated carbocycles. The van der Waals surface area contributed by atoms with Crippen LogP contribution < -0.4 is 16.0 Å². The molecule has 4 rings (SSSR count). The van der Waals surface area contributed by atoms with Gasteiger partial charge in [-0.2, -0.15) is 5.26 Å². The van der Waals surface area contributed by atoms with Gasteiger partial charge in [-0.3, -0.25) is 0 Å². The molecule has 0 aliphatic carbocycles. The number of carbonyl (C=O) groups is 2. The van der Waals surface area contributed by atoms with Crippen molar-refractivity contribution in [2.45, 2.75) is 18.8 Å². The maximum atomic E-state index is 12.4. The van der Waals surface area contributed by atoms with Crippen molar-refractivity contribution >= 4 is 23.5 Å². The molecule has 1 aliphatic heterocycles. The number of anilines is 2. The van der Waals surface area contributed by atoms with Crippen LogP contribution in [-0.2, 0) is 20.8 Å². The summed E-state index contributed by atoms with van der Waals surface area (Å²) in [4.78, 5) is 28.4. The zero-order valence-corrected chi connectivity index (χ0v) is 19.0. The van der Waals surface area contributed by atoms with E-state index in [4.69, 9.17) is 23.9 Å². The molecule has 2 unspecified atom stereocenters. The first-order chi connectivity index (χ1) is 17.5. The first kappa shape index (κ1) is 24.5. The quantitative estimate of drug-likeness (QED) is 0.368. The van der Waals surface area contributed by atoms with E-state index in [9.17, 15) is 14.7 Å². The molecule has 0 spiro atoms. The summed E-state index contributed by atoms with van der Waals surface area (Å²) in [5.41, 5.74) is 2.04. The summed E-state index contributed by atoms with van der Waals surface area (Å²) in [6, 6.07) is 12.9. The van der Waals surface area contributed by atoms with Gasteiger partial charge in [0.2, 0.25) is 0 Å². The van der Waals surface area contributed by atoms with Crippen molar-refractivity contribution in [3.63, 3.8) is 0 Å². The number of phenolic OH excluding ortho intramolecular Hbond substituents is 1. The Morgan fingerprint density at radius 2 is 1.94 bits per heavy atom. The maximum Gasteiger partial charge on any atom is 0.407 e. The lowest BCUT2D eigenvalue weighted by Crippen LogP contribution is -2.36. The van der Waals surface area contributed by atoms with Crippen LogP contribution in [0.15, 0.2) is 59.5 Å². The molecule has 12 nitrogen and oxygen atoms in total. The summed E-state index contributed by atoms with van der Waals surface area (Å²) in [7, 11) is 0. The van der Waals surface area contributed by atoms with Gasteiger partial charge in [0.15, 0.2) is 18.3 Å². The van der Waals surface area contributed by atoms with Gasteiger partial charge in [0.1, 0.15) is 18.5 Å². The number of benzene rings is 2. The summed E-state index contributed by atoms with van der Waals surface area (Å²) >= 11 is 0. The fourth-order valence-corrected chi connectivity index (χ4v) is 3.50. The van der Waals surface area contributed by atoms with E-state index in [1.54, 1.807) is 36.4 Å². The number of aromatic nitrogens is 1. The molecule has 0 bridgehead atoms. The Labute approximate surface area is 205 Å². The number of phenols is 1. The molecule has 36 heavy (non-hydrogen) atoms. The van der Waals surface area contributed by atoms with E-state index in [0.29, 0.717) is 22.7 Å². The van der Waals surface area contributed by atoms with Gasteiger partial charge >= 0.3 is 12.1 Å². The molecule has 1 saturated heterocycles. The molecular weight excluding hydrogens is 470 g/mol. The Morgan fingerprint density at radius 1 is 1.14 bits per heavy atom. The summed E-state index contributed by atoms with van der Waals surface area (Å²) in [6.45, 7) is 0.488. The summed E-state index contributed by atoms with van der Waals surface area (Å²) in [6.07, 6.45) is 0.998. The molecular formula is C24H23N5O7. The number of urea groups is 1. The number of alkyl carbamates (subject to hydrolysis) is 1. The van der Waals surface area contributed by atoms with Gasteiger partial charge < -0.3 is 39.7 Å². The van der Waals surface area contributed by atoms with E-state index in [0.717, 1.165) is 5.56 Å². The van der Waals surface area contributed by atoms with E-state index in [-0.39, 0.29) is 32.1 Å². The SMILES string of the molecule is N#CCOC1COCC1OC(=O)NCc1cccc(NC(=O)Nc2ccc(-c3cnco3)c(O)c2)c1. The predicted octanol–water partition coefficient (Wildman–Crippen LogP) is 3.22. The third-order valence-corrected chi connectivity index (χ3v) is 5.17. The standard InChI is InChI=1S/C24H23N5O7/c25-6-7-34-21-12-33-13-22(21)36-24(32)27-10-15-2-1-3-16(8-15)28-23(31)29-17-4-5-18(19(30)9-17)20-11-26-14-35-20/h1-5,8-9,11,14,21-22,30H,7,10,12-13H2,(H,27,32)(H2,28,29,31). The second-order valence-electron chi connectivity index (χ2n) is 7.72. The average molecular weight is 493 g/mol. The Hall–Kier alpha value is -4.60. The average Bonchev–Trinajstić information content (AvgIpc) is 3.54. The minimum atomic E-state index is -0.652. The normalized spacial score (nSPS) is 16.6. The van der Waals surface area contributed by atoms with Gasteiger partial charge in [0.05, 0.1) is 31.0 Å². The van der Waals surface area contributed by atoms with E-state index in [2.05, 4.69) is 20.9 Å². The van der Waals surface area contributed by atoms with E-state index < -0.39 is 24.3 Å². The highest BCUT2D eigenvalue weighted by Crippen LogP contribution is 2.31. The number of oxazole rings is 1. The Bertz CT molecular complexity index is 1240. The Morgan fingerprint density at radius 3 is 2.69 bits per heavy atom. The Balaban J connectivity index is 1.27. The van der Waals surface area contributed by atoms with Crippen molar-refractivity contribution in [1.29, 1.82) is 5.26 Å². The second-order valence-corrected chi connectivity index (χ2v) is 7.72. The van der Waals surface area contributed by atoms with Gasteiger partial charge in [0.25, 0.3) is 0 Å². The van der Waals surface area contributed by atoms with Crippen molar-refractivity contribution in [1.82, 2.24) is 10.3 Å². The van der Waals surface area contributed by atoms with E-state index in [1.807, 2.05) is 6.07 Å². The number of nitriles is 1. The topological polar surface area (TPSA) is 168 Å². The number of nitrogens with zero attached hydrogens (tertiary/aromatic N) is 2. The fraction of sp³-hybridized carbons (Fsp3) is 0.250. The van der Waals surface area contributed by atoms with Crippen LogP contribution in [0.5, 0.6) is 5.75 Å². The van der Waals surface area contributed by atoms with Crippen molar-refractivity contribution in [2.24, 2.45) is 0 Å². The number of carbonyl (C=O) groups excluding carboxylic acids is 2. The number of amides is 3. The third kappa shape index (κ3) is 6.50. The minimum absolute atomic E-state index is 0.0726. The van der Waals surface area contributed by atoms with Gasteiger partial charge in [-0.05, 0) is 29.8 Å². The highest BCUT2D eigenvalue weighted by atomic mass is 16.6. The van der Waals surface area contributed by atoms with Gasteiger partial charge in [0, 0.05) is 24.0 Å². The lowest BCUT2D eigenvalue weighted by atomic mass is 10.1. The zero-order chi connectivity index (χ0) is 25.3. The minimum Gasteiger partial charge on any atom is -0.507 e. The van der Waals surface area contributed by atoms with Crippen LogP contribution in [0.2, 0.25) is 0 Å². The summed E-state index contributed by atoms with van der Waals surface area (Å²) in [5, 5.41) is 26.8. The number of hydrogen-bond donors (Lipinski definition) is 4. The molecule has 12 heteroatoms. The van der Waals surface area contributed by atoms with Crippen LogP contribution in [0.3, 0.4) is 0 Å². The van der Waals surface area contributed by atoms with Gasteiger partial charge in [-0.25, -0.2) is 14.6 Å². The summed E-state index contributed by atoms with van der Waals surface area (Å²) in [5.74, 6) is 0.332.